The summed E-state index contributed by atoms with van der Waals surface area (Å²) in [5.74, 6) is 2.05. The first-order valence-electron chi connectivity index (χ1n) is 3.11. The van der Waals surface area contributed by atoms with Gasteiger partial charge in [0.05, 0.1) is 0 Å². The fraction of sp³-hybridized carbons (Fsp3) is 0. The topological polar surface area (TPSA) is 55.1 Å². The Hall–Kier alpha value is -1.49. The van der Waals surface area contributed by atoms with Gasteiger partial charge >= 0.3 is 0 Å². The third kappa shape index (κ3) is 1.57. The Morgan fingerprint density at radius 3 is 2.50 bits per heavy atom. The molecule has 5 heteroatoms. The third-order valence-electron chi connectivity index (χ3n) is 1.31. The lowest BCUT2D eigenvalue weighted by Crippen LogP contribution is -2.30. The van der Waals surface area contributed by atoms with Crippen LogP contribution in [0.2, 0.25) is 0 Å². The van der Waals surface area contributed by atoms with Crippen LogP contribution in [0.15, 0.2) is 18.2 Å². The van der Waals surface area contributed by atoms with Crippen LogP contribution >= 0.6 is 0 Å². The van der Waals surface area contributed by atoms with Crippen LogP contribution in [0, 0.1) is 11.6 Å². The van der Waals surface area contributed by atoms with Crippen molar-refractivity contribution in [1.29, 1.82) is 0 Å². The molecule has 0 atom stereocenters. The van der Waals surface area contributed by atoms with E-state index in [1.165, 1.54) is 0 Å². The highest BCUT2D eigenvalue weighted by Crippen LogP contribution is 2.07. The first kappa shape index (κ1) is 8.61. The van der Waals surface area contributed by atoms with Crippen molar-refractivity contribution in [2.75, 3.05) is 0 Å². The molecule has 0 aromatic heterocycles. The molecule has 0 radical (unpaired) electrons. The van der Waals surface area contributed by atoms with E-state index in [-0.39, 0.29) is 5.56 Å². The highest BCUT2D eigenvalue weighted by molar-refractivity contribution is 5.93. The maximum Gasteiger partial charge on any atom is 0.265 e. The molecule has 1 amide bonds. The average Bonchev–Trinajstić information content (AvgIpc) is 2.08. The monoisotopic (exact) mass is 172 g/mol. The fourth-order valence-corrected chi connectivity index (χ4v) is 0.721. The van der Waals surface area contributed by atoms with E-state index in [2.05, 4.69) is 0 Å². The molecule has 0 heterocycles. The van der Waals surface area contributed by atoms with Crippen LogP contribution in [0.5, 0.6) is 0 Å². The van der Waals surface area contributed by atoms with Gasteiger partial charge in [-0.15, -0.1) is 0 Å². The summed E-state index contributed by atoms with van der Waals surface area (Å²) >= 11 is 0. The van der Waals surface area contributed by atoms with Gasteiger partial charge in [0.15, 0.2) is 11.6 Å². The molecule has 3 N–H and O–H groups in total. The SMILES string of the molecule is NNC(=O)c1ccc(F)c(F)c1. The van der Waals surface area contributed by atoms with E-state index in [9.17, 15) is 13.6 Å². The highest BCUT2D eigenvalue weighted by atomic mass is 19.2. The van der Waals surface area contributed by atoms with Crippen molar-refractivity contribution >= 4 is 5.91 Å². The van der Waals surface area contributed by atoms with Gasteiger partial charge in [0.1, 0.15) is 0 Å². The van der Waals surface area contributed by atoms with Crippen molar-refractivity contribution in [3.8, 4) is 0 Å². The molecule has 1 rings (SSSR count). The van der Waals surface area contributed by atoms with Gasteiger partial charge < -0.3 is 0 Å². The van der Waals surface area contributed by atoms with E-state index >= 15 is 0 Å². The minimum Gasteiger partial charge on any atom is -0.290 e. The van der Waals surface area contributed by atoms with Crippen LogP contribution in [-0.2, 0) is 0 Å². The predicted molar refractivity (Wildman–Crippen MR) is 38.0 cm³/mol. The molecule has 0 unspecified atom stereocenters. The maximum atomic E-state index is 12.5. The van der Waals surface area contributed by atoms with Gasteiger partial charge in [-0.3, -0.25) is 10.2 Å². The summed E-state index contributed by atoms with van der Waals surface area (Å²) in [6.45, 7) is 0. The number of carbonyl (C=O) groups is 1. The van der Waals surface area contributed by atoms with Gasteiger partial charge in [0.25, 0.3) is 5.91 Å². The van der Waals surface area contributed by atoms with Gasteiger partial charge in [-0.05, 0) is 18.2 Å². The molecule has 0 aliphatic heterocycles. The minimum absolute atomic E-state index is 0.0172. The summed E-state index contributed by atoms with van der Waals surface area (Å²) in [7, 11) is 0. The molecule has 12 heavy (non-hydrogen) atoms. The van der Waals surface area contributed by atoms with E-state index in [1.807, 2.05) is 0 Å². The third-order valence-corrected chi connectivity index (χ3v) is 1.31. The van der Waals surface area contributed by atoms with Crippen LogP contribution < -0.4 is 11.3 Å². The van der Waals surface area contributed by atoms with Crippen LogP contribution in [0.25, 0.3) is 0 Å². The number of hydrogen-bond acceptors (Lipinski definition) is 2. The van der Waals surface area contributed by atoms with Gasteiger partial charge in [0.2, 0.25) is 0 Å². The molecule has 0 saturated heterocycles. The second-order valence-corrected chi connectivity index (χ2v) is 2.10. The molecule has 1 aromatic rings. The number of nitrogens with one attached hydrogen (secondary N) is 1. The lowest BCUT2D eigenvalue weighted by atomic mass is 10.2. The molecule has 0 spiro atoms. The number of amides is 1. The first-order valence-corrected chi connectivity index (χ1v) is 3.11. The van der Waals surface area contributed by atoms with Crippen LogP contribution in [0.1, 0.15) is 10.4 Å². The number of hydrazine groups is 1. The summed E-state index contributed by atoms with van der Waals surface area (Å²) in [5.41, 5.74) is 1.78. The summed E-state index contributed by atoms with van der Waals surface area (Å²) in [6.07, 6.45) is 0. The number of hydrogen-bond donors (Lipinski definition) is 2. The number of benzene rings is 1. The quantitative estimate of drug-likeness (QED) is 0.369. The number of halogens is 2. The molecule has 1 aromatic carbocycles. The molecule has 0 bridgehead atoms. The van der Waals surface area contributed by atoms with Gasteiger partial charge in [0, 0.05) is 5.56 Å². The fourth-order valence-electron chi connectivity index (χ4n) is 0.721. The van der Waals surface area contributed by atoms with E-state index < -0.39 is 17.5 Å². The Morgan fingerprint density at radius 2 is 2.00 bits per heavy atom. The molecule has 0 saturated carbocycles. The number of carbonyl (C=O) groups excluding carboxylic acids is 1. The second-order valence-electron chi connectivity index (χ2n) is 2.10. The number of rotatable bonds is 1. The lowest BCUT2D eigenvalue weighted by molar-refractivity contribution is 0.0953. The summed E-state index contributed by atoms with van der Waals surface area (Å²) in [5, 5.41) is 0. The van der Waals surface area contributed by atoms with E-state index in [0.29, 0.717) is 0 Å². The Kier molecular flexibility index (Phi) is 2.35. The molecular weight excluding hydrogens is 166 g/mol. The minimum atomic E-state index is -1.07. The predicted octanol–water partition coefficient (Wildman–Crippen LogP) is 0.568. The highest BCUT2D eigenvalue weighted by Gasteiger charge is 2.07. The second kappa shape index (κ2) is 3.27. The largest absolute Gasteiger partial charge is 0.290 e. The summed E-state index contributed by atoms with van der Waals surface area (Å²) in [6, 6.07) is 2.78. The molecule has 3 nitrogen and oxygen atoms in total. The zero-order valence-corrected chi connectivity index (χ0v) is 5.97. The van der Waals surface area contributed by atoms with Crippen molar-refractivity contribution < 1.29 is 13.6 Å². The van der Waals surface area contributed by atoms with Gasteiger partial charge in [-0.25, -0.2) is 14.6 Å². The van der Waals surface area contributed by atoms with E-state index in [0.717, 1.165) is 18.2 Å². The molecule has 64 valence electrons. The van der Waals surface area contributed by atoms with Crippen molar-refractivity contribution in [2.45, 2.75) is 0 Å². The summed E-state index contributed by atoms with van der Waals surface area (Å²) < 4.78 is 24.8. The maximum absolute atomic E-state index is 12.5. The van der Waals surface area contributed by atoms with Crippen molar-refractivity contribution in [3.05, 3.63) is 35.4 Å². The van der Waals surface area contributed by atoms with Crippen molar-refractivity contribution in [3.63, 3.8) is 0 Å². The number of nitrogens with two attached hydrogens (primary N) is 1. The molecule has 0 aliphatic rings. The zero-order valence-electron chi connectivity index (χ0n) is 5.97. The average molecular weight is 172 g/mol. The normalized spacial score (nSPS) is 9.58. The smallest absolute Gasteiger partial charge is 0.265 e. The van der Waals surface area contributed by atoms with Crippen LogP contribution in [0.4, 0.5) is 8.78 Å². The first-order chi connectivity index (χ1) is 5.65. The van der Waals surface area contributed by atoms with E-state index in [4.69, 9.17) is 5.84 Å². The van der Waals surface area contributed by atoms with Crippen LogP contribution in [0.3, 0.4) is 0 Å². The Bertz CT molecular complexity index is 314. The Balaban J connectivity index is 3.05. The molecular formula is C7H6F2N2O. The molecule has 0 aliphatic carbocycles. The van der Waals surface area contributed by atoms with Gasteiger partial charge in [-0.2, -0.15) is 0 Å². The van der Waals surface area contributed by atoms with E-state index in [1.54, 1.807) is 5.43 Å². The van der Waals surface area contributed by atoms with Gasteiger partial charge in [-0.1, -0.05) is 0 Å². The number of nitrogen functional groups attached to an aromatic ring is 1. The standard InChI is InChI=1S/C7H6F2N2O/c8-5-2-1-4(3-6(5)9)7(12)11-10/h1-3H,10H2,(H,11,12). The Morgan fingerprint density at radius 1 is 1.33 bits per heavy atom. The molecule has 0 fully saturated rings. The zero-order chi connectivity index (χ0) is 9.14. The lowest BCUT2D eigenvalue weighted by Gasteiger charge is -1.98. The van der Waals surface area contributed by atoms with Crippen molar-refractivity contribution in [1.82, 2.24) is 5.43 Å². The van der Waals surface area contributed by atoms with Crippen molar-refractivity contribution in [2.24, 2.45) is 5.84 Å². The summed E-state index contributed by atoms with van der Waals surface area (Å²) in [4.78, 5) is 10.8. The van der Waals surface area contributed by atoms with Crippen LogP contribution in [-0.4, -0.2) is 5.91 Å². The Labute approximate surface area is 67.1 Å².